The molecule has 0 aliphatic heterocycles. The van der Waals surface area contributed by atoms with Gasteiger partial charge in [0, 0.05) is 5.56 Å². The molecule has 1 nitrogen and oxygen atoms in total. The lowest BCUT2D eigenvalue weighted by Crippen LogP contribution is -1.95. The maximum absolute atomic E-state index is 5.24. The fourth-order valence-corrected chi connectivity index (χ4v) is 1.37. The van der Waals surface area contributed by atoms with Gasteiger partial charge in [-0.05, 0) is 17.5 Å². The van der Waals surface area contributed by atoms with Gasteiger partial charge in [-0.1, -0.05) is 38.6 Å². The van der Waals surface area contributed by atoms with Gasteiger partial charge >= 0.3 is 0 Å². The van der Waals surface area contributed by atoms with Crippen molar-refractivity contribution in [3.8, 4) is 5.75 Å². The quantitative estimate of drug-likeness (QED) is 0.685. The Labute approximate surface area is 80.0 Å². The summed E-state index contributed by atoms with van der Waals surface area (Å²) >= 11 is 0. The van der Waals surface area contributed by atoms with Gasteiger partial charge in [-0.15, -0.1) is 0 Å². The third-order valence-corrected chi connectivity index (χ3v) is 2.03. The molecule has 0 saturated heterocycles. The van der Waals surface area contributed by atoms with Crippen LogP contribution in [0.5, 0.6) is 5.75 Å². The highest BCUT2D eigenvalue weighted by atomic mass is 16.5. The summed E-state index contributed by atoms with van der Waals surface area (Å²) in [6.45, 7) is 7.96. The van der Waals surface area contributed by atoms with Crippen LogP contribution in [0.1, 0.15) is 25.0 Å². The van der Waals surface area contributed by atoms with E-state index in [1.807, 2.05) is 18.2 Å². The van der Waals surface area contributed by atoms with Gasteiger partial charge in [0.25, 0.3) is 0 Å². The van der Waals surface area contributed by atoms with Crippen molar-refractivity contribution >= 4 is 6.08 Å². The lowest BCUT2D eigenvalue weighted by molar-refractivity contribution is 0.413. The van der Waals surface area contributed by atoms with E-state index in [1.54, 1.807) is 7.11 Å². The van der Waals surface area contributed by atoms with E-state index < -0.39 is 0 Å². The largest absolute Gasteiger partial charge is 0.496 e. The highest BCUT2D eigenvalue weighted by molar-refractivity contribution is 5.62. The van der Waals surface area contributed by atoms with Gasteiger partial charge in [0.2, 0.25) is 0 Å². The Morgan fingerprint density at radius 1 is 1.38 bits per heavy atom. The minimum atomic E-state index is 0.883. The first kappa shape index (κ1) is 9.85. The molecule has 0 bridgehead atoms. The summed E-state index contributed by atoms with van der Waals surface area (Å²) < 4.78 is 5.24. The number of methoxy groups -OCH3 is 1. The average Bonchev–Trinajstić information content (AvgIpc) is 2.16. The summed E-state index contributed by atoms with van der Waals surface area (Å²) in [5.41, 5.74) is 2.28. The van der Waals surface area contributed by atoms with Gasteiger partial charge in [0.1, 0.15) is 5.75 Å². The van der Waals surface area contributed by atoms with Crippen molar-refractivity contribution in [2.75, 3.05) is 7.11 Å². The second kappa shape index (κ2) is 4.13. The van der Waals surface area contributed by atoms with Gasteiger partial charge in [0.15, 0.2) is 0 Å². The van der Waals surface area contributed by atoms with E-state index in [4.69, 9.17) is 4.74 Å². The van der Waals surface area contributed by atoms with E-state index in [0.29, 0.717) is 0 Å². The Morgan fingerprint density at radius 2 is 2.08 bits per heavy atom. The van der Waals surface area contributed by atoms with Crippen LogP contribution in [0.25, 0.3) is 6.08 Å². The predicted molar refractivity (Wildman–Crippen MR) is 56.8 cm³/mol. The third-order valence-electron chi connectivity index (χ3n) is 2.03. The summed E-state index contributed by atoms with van der Waals surface area (Å²) in [4.78, 5) is 0. The first-order valence-corrected chi connectivity index (χ1v) is 4.30. The van der Waals surface area contributed by atoms with Crippen molar-refractivity contribution in [1.82, 2.24) is 0 Å². The molecule has 0 fully saturated rings. The van der Waals surface area contributed by atoms with Gasteiger partial charge in [-0.25, -0.2) is 0 Å². The van der Waals surface area contributed by atoms with E-state index >= 15 is 0 Å². The van der Waals surface area contributed by atoms with Crippen molar-refractivity contribution in [1.29, 1.82) is 0 Å². The van der Waals surface area contributed by atoms with Gasteiger partial charge in [-0.3, -0.25) is 0 Å². The van der Waals surface area contributed by atoms with Crippen molar-refractivity contribution in [2.24, 2.45) is 0 Å². The van der Waals surface area contributed by atoms with E-state index in [1.165, 1.54) is 11.5 Å². The number of hydrogen-bond donors (Lipinski definition) is 0. The highest BCUT2D eigenvalue weighted by Crippen LogP contribution is 2.27. The molecule has 0 aliphatic rings. The number of ether oxygens (including phenoxy) is 1. The molecular weight excluding hydrogens is 160 g/mol. The summed E-state index contributed by atoms with van der Waals surface area (Å²) in [6, 6.07) is 6.02. The van der Waals surface area contributed by atoms with E-state index in [2.05, 4.69) is 26.5 Å². The van der Waals surface area contributed by atoms with E-state index in [0.717, 1.165) is 11.3 Å². The van der Waals surface area contributed by atoms with Crippen LogP contribution in [0, 0.1) is 5.92 Å². The molecule has 0 aromatic heterocycles. The molecule has 0 saturated carbocycles. The molecule has 1 heteroatoms. The fraction of sp³-hybridized carbons (Fsp3) is 0.250. The molecular formula is C12H15O. The van der Waals surface area contributed by atoms with Crippen LogP contribution in [0.3, 0.4) is 0 Å². The lowest BCUT2D eigenvalue weighted by Gasteiger charge is -2.12. The normalized spacial score (nSPS) is 10.2. The van der Waals surface area contributed by atoms with Crippen LogP contribution in [0.15, 0.2) is 24.8 Å². The Bertz CT molecular complexity index is 300. The molecule has 0 unspecified atom stereocenters. The van der Waals surface area contributed by atoms with Crippen molar-refractivity contribution < 1.29 is 4.74 Å². The van der Waals surface area contributed by atoms with E-state index in [9.17, 15) is 0 Å². The fourth-order valence-electron chi connectivity index (χ4n) is 1.37. The smallest absolute Gasteiger partial charge is 0.126 e. The molecule has 13 heavy (non-hydrogen) atoms. The van der Waals surface area contributed by atoms with Gasteiger partial charge < -0.3 is 4.74 Å². The summed E-state index contributed by atoms with van der Waals surface area (Å²) in [5.74, 6) is 2.16. The monoisotopic (exact) mass is 175 g/mol. The third kappa shape index (κ3) is 1.92. The van der Waals surface area contributed by atoms with Gasteiger partial charge in [-0.2, -0.15) is 0 Å². The highest BCUT2D eigenvalue weighted by Gasteiger charge is 2.08. The molecule has 1 aromatic rings. The Hall–Kier alpha value is -1.24. The van der Waals surface area contributed by atoms with E-state index in [-0.39, 0.29) is 0 Å². The maximum atomic E-state index is 5.24. The maximum Gasteiger partial charge on any atom is 0.126 e. The Balaban J connectivity index is 3.27. The van der Waals surface area contributed by atoms with Crippen LogP contribution < -0.4 is 4.74 Å². The zero-order chi connectivity index (χ0) is 9.84. The number of benzene rings is 1. The van der Waals surface area contributed by atoms with Crippen LogP contribution in [0.4, 0.5) is 0 Å². The standard InChI is InChI=1S/C12H15O/c1-5-10-11(9(2)3)7-6-8-12(10)13-4/h5-8H,1H2,2-4H3. The minimum Gasteiger partial charge on any atom is -0.496 e. The first-order valence-electron chi connectivity index (χ1n) is 4.30. The van der Waals surface area contributed by atoms with Crippen LogP contribution >= 0.6 is 0 Å². The lowest BCUT2D eigenvalue weighted by atomic mass is 9.96. The molecule has 1 radical (unpaired) electrons. The summed E-state index contributed by atoms with van der Waals surface area (Å²) in [7, 11) is 1.68. The van der Waals surface area contributed by atoms with Crippen LogP contribution in [-0.2, 0) is 0 Å². The molecule has 0 amide bonds. The SMILES string of the molecule is C=Cc1c(OC)cccc1[C](C)C. The minimum absolute atomic E-state index is 0.883. The second-order valence-corrected chi connectivity index (χ2v) is 3.13. The zero-order valence-electron chi connectivity index (χ0n) is 8.42. The molecule has 0 atom stereocenters. The topological polar surface area (TPSA) is 9.23 Å². The zero-order valence-corrected chi connectivity index (χ0v) is 8.42. The van der Waals surface area contributed by atoms with Crippen molar-refractivity contribution in [2.45, 2.75) is 13.8 Å². The summed E-state index contributed by atoms with van der Waals surface area (Å²) in [5, 5.41) is 0. The van der Waals surface area contributed by atoms with Gasteiger partial charge in [0.05, 0.1) is 7.11 Å². The molecule has 1 rings (SSSR count). The second-order valence-electron chi connectivity index (χ2n) is 3.13. The van der Waals surface area contributed by atoms with Crippen LogP contribution in [0.2, 0.25) is 0 Å². The number of rotatable bonds is 3. The summed E-state index contributed by atoms with van der Waals surface area (Å²) in [6.07, 6.45) is 1.83. The molecule has 1 aromatic carbocycles. The molecule has 0 heterocycles. The molecule has 0 aliphatic carbocycles. The Morgan fingerprint density at radius 3 is 2.54 bits per heavy atom. The van der Waals surface area contributed by atoms with Crippen molar-refractivity contribution in [3.63, 3.8) is 0 Å². The van der Waals surface area contributed by atoms with Crippen molar-refractivity contribution in [3.05, 3.63) is 41.8 Å². The number of hydrogen-bond acceptors (Lipinski definition) is 1. The molecule has 0 N–H and O–H groups in total. The predicted octanol–water partition coefficient (Wildman–Crippen LogP) is 3.30. The van der Waals surface area contributed by atoms with Crippen LogP contribution in [-0.4, -0.2) is 7.11 Å². The molecule has 0 spiro atoms. The molecule has 69 valence electrons. The average molecular weight is 175 g/mol. The Kier molecular flexibility index (Phi) is 3.13. The first-order chi connectivity index (χ1) is 6.20.